The average Bonchev–Trinajstić information content (AvgIpc) is 3.51. The molecule has 3 aliphatic heterocycles. The van der Waals surface area contributed by atoms with Crippen molar-refractivity contribution in [3.05, 3.63) is 12.2 Å². The van der Waals surface area contributed by atoms with Crippen LogP contribution in [-0.2, 0) is 42.8 Å². The van der Waals surface area contributed by atoms with Crippen LogP contribution in [0.4, 0.5) is 39.5 Å². The molecule has 3 heterocycles. The number of carbonyl (C=O) groups is 3. The van der Waals surface area contributed by atoms with E-state index < -0.39 is 119 Å². The summed E-state index contributed by atoms with van der Waals surface area (Å²) in [6, 6.07) is 0. The molecule has 20 heteroatoms. The van der Waals surface area contributed by atoms with Gasteiger partial charge in [0.05, 0.1) is 5.60 Å². The van der Waals surface area contributed by atoms with E-state index in [2.05, 4.69) is 6.58 Å². The number of hydrogen-bond donors (Lipinski definition) is 2. The summed E-state index contributed by atoms with van der Waals surface area (Å²) in [5.74, 6) is -3.55. The second-order valence-corrected chi connectivity index (χ2v) is 15.8. The molecule has 3 aliphatic rings. The molecule has 0 aromatic heterocycles. The Labute approximate surface area is 293 Å². The monoisotopic (exact) mass is 774 g/mol. The van der Waals surface area contributed by atoms with Crippen molar-refractivity contribution < 1.29 is 92.5 Å². The molecule has 3 fully saturated rings. The third-order valence-corrected chi connectivity index (χ3v) is 10.0. The number of halogens is 9. The smallest absolute Gasteiger partial charge is 0.429 e. The second kappa shape index (κ2) is 12.7. The predicted octanol–water partition coefficient (Wildman–Crippen LogP) is 5.18. The van der Waals surface area contributed by atoms with Crippen LogP contribution in [0, 0.1) is 5.41 Å². The van der Waals surface area contributed by atoms with Crippen molar-refractivity contribution in [1.82, 2.24) is 0 Å². The maximum absolute atomic E-state index is 14.0. The number of fused-ring (bicyclic) bond motifs is 1. The lowest BCUT2D eigenvalue weighted by atomic mass is 9.74. The summed E-state index contributed by atoms with van der Waals surface area (Å²) in [4.78, 5) is 39.5. The first-order valence-corrected chi connectivity index (χ1v) is 15.8. The molecule has 2 bridgehead atoms. The van der Waals surface area contributed by atoms with Crippen molar-refractivity contribution in [2.24, 2.45) is 5.41 Å². The number of aliphatic hydroxyl groups is 2. The molecule has 52 heavy (non-hydrogen) atoms. The highest BCUT2D eigenvalue weighted by Gasteiger charge is 2.79. The maximum Gasteiger partial charge on any atom is 0.429 e. The topological polar surface area (TPSA) is 147 Å². The SMILES string of the molecule is C=C(C)C(=O)OC1C2CC3(C(=O)OC(CC(C)(C)OC(C)(C)C(C)(O)C(F)(F)F)C(C)(C)OC(C)(C)C(O)(C(F)(F)F)C(F)(F)F)C(=O)OC1C3O2. The zero-order valence-corrected chi connectivity index (χ0v) is 30.0. The summed E-state index contributed by atoms with van der Waals surface area (Å²) in [6.07, 6.45) is -26.5. The Balaban J connectivity index is 2.07. The Kier molecular flexibility index (Phi) is 10.7. The molecule has 0 radical (unpaired) electrons. The Morgan fingerprint density at radius 2 is 1.37 bits per heavy atom. The number of carbonyl (C=O) groups excluding carboxylic acids is 3. The van der Waals surface area contributed by atoms with Gasteiger partial charge in [0.1, 0.15) is 35.1 Å². The molecule has 0 aliphatic carbocycles. The number of alkyl halides is 9. The van der Waals surface area contributed by atoms with Crippen LogP contribution in [0.3, 0.4) is 0 Å². The van der Waals surface area contributed by atoms with E-state index in [1.807, 2.05) is 0 Å². The molecule has 0 aromatic carbocycles. The van der Waals surface area contributed by atoms with E-state index in [4.69, 9.17) is 28.4 Å². The first-order valence-electron chi connectivity index (χ1n) is 15.8. The summed E-state index contributed by atoms with van der Waals surface area (Å²) < 4.78 is 158. The number of hydrogen-bond acceptors (Lipinski definition) is 11. The van der Waals surface area contributed by atoms with Crippen LogP contribution in [-0.4, -0.2) is 111 Å². The summed E-state index contributed by atoms with van der Waals surface area (Å²) >= 11 is 0. The van der Waals surface area contributed by atoms with E-state index in [1.54, 1.807) is 0 Å². The third kappa shape index (κ3) is 7.01. The fraction of sp³-hybridized carbons (Fsp3) is 0.844. The van der Waals surface area contributed by atoms with E-state index in [0.717, 1.165) is 41.5 Å². The van der Waals surface area contributed by atoms with Gasteiger partial charge in [0, 0.05) is 18.4 Å². The molecule has 300 valence electrons. The molecule has 0 aromatic rings. The summed E-state index contributed by atoms with van der Waals surface area (Å²) in [5, 5.41) is 20.6. The lowest BCUT2D eigenvalue weighted by Gasteiger charge is -2.50. The molecule has 3 rings (SSSR count). The predicted molar refractivity (Wildman–Crippen MR) is 157 cm³/mol. The minimum absolute atomic E-state index is 0.0153. The van der Waals surface area contributed by atoms with Crippen LogP contribution in [0.5, 0.6) is 0 Å². The molecule has 11 nitrogen and oxygen atoms in total. The highest BCUT2D eigenvalue weighted by Crippen LogP contribution is 2.57. The fourth-order valence-electron chi connectivity index (χ4n) is 6.85. The summed E-state index contributed by atoms with van der Waals surface area (Å²) in [6.45, 7) is 11.5. The van der Waals surface area contributed by atoms with Gasteiger partial charge in [0.15, 0.2) is 23.2 Å². The van der Waals surface area contributed by atoms with Gasteiger partial charge < -0.3 is 38.6 Å². The van der Waals surface area contributed by atoms with Gasteiger partial charge in [-0.1, -0.05) is 6.58 Å². The molecule has 7 unspecified atom stereocenters. The first kappa shape index (κ1) is 43.7. The molecule has 3 saturated heterocycles. The zero-order valence-electron chi connectivity index (χ0n) is 30.0. The normalized spacial score (nSPS) is 27.6. The van der Waals surface area contributed by atoms with Gasteiger partial charge in [-0.05, 0) is 69.2 Å². The standard InChI is InChI=1S/C32H43F9O11/c1-14(2)20(42)49-17-15-12-28(19(47-15)18(17)50-22(28)44)21(43)48-16(13-23(3,4)51-25(7,8)27(11,45)30(33,34)35)24(5,6)52-26(9,10)29(46,31(36,37)38)32(39,40)41/h15-19,45-46H,1,12-13H2,2-11H3. The molecule has 0 saturated carbocycles. The third-order valence-electron chi connectivity index (χ3n) is 10.0. The number of esters is 3. The fourth-order valence-corrected chi connectivity index (χ4v) is 6.85. The van der Waals surface area contributed by atoms with Gasteiger partial charge in [-0.25, -0.2) is 4.79 Å². The highest BCUT2D eigenvalue weighted by molar-refractivity contribution is 6.03. The van der Waals surface area contributed by atoms with Crippen molar-refractivity contribution in [3.63, 3.8) is 0 Å². The van der Waals surface area contributed by atoms with E-state index in [1.165, 1.54) is 6.92 Å². The first-order chi connectivity index (χ1) is 22.8. The van der Waals surface area contributed by atoms with Gasteiger partial charge in [-0.15, -0.1) is 0 Å². The van der Waals surface area contributed by atoms with Crippen LogP contribution in [0.1, 0.15) is 82.1 Å². The van der Waals surface area contributed by atoms with Gasteiger partial charge in [0.25, 0.3) is 5.60 Å². The molecule has 2 N–H and O–H groups in total. The molecule has 0 spiro atoms. The van der Waals surface area contributed by atoms with Crippen molar-refractivity contribution in [2.45, 2.75) is 165 Å². The summed E-state index contributed by atoms with van der Waals surface area (Å²) in [5.41, 5.74) is -21.9. The van der Waals surface area contributed by atoms with E-state index in [0.29, 0.717) is 6.92 Å². The number of ether oxygens (including phenoxy) is 6. The van der Waals surface area contributed by atoms with Crippen LogP contribution >= 0.6 is 0 Å². The Hall–Kier alpha value is -2.68. The molecular formula is C32H43F9O11. The average molecular weight is 775 g/mol. The van der Waals surface area contributed by atoms with Gasteiger partial charge in [0.2, 0.25) is 0 Å². The Morgan fingerprint density at radius 1 is 0.865 bits per heavy atom. The molecule has 7 atom stereocenters. The largest absolute Gasteiger partial charge is 0.458 e. The lowest BCUT2D eigenvalue weighted by Crippen LogP contribution is -2.71. The molecule has 0 amide bonds. The van der Waals surface area contributed by atoms with Gasteiger partial charge in [-0.3, -0.25) is 9.59 Å². The van der Waals surface area contributed by atoms with E-state index in [-0.39, 0.29) is 19.4 Å². The van der Waals surface area contributed by atoms with E-state index in [9.17, 15) is 64.1 Å². The maximum atomic E-state index is 14.0. The van der Waals surface area contributed by atoms with Crippen molar-refractivity contribution in [2.75, 3.05) is 0 Å². The minimum atomic E-state index is -6.38. The Morgan fingerprint density at radius 3 is 1.81 bits per heavy atom. The van der Waals surface area contributed by atoms with Crippen LogP contribution < -0.4 is 0 Å². The second-order valence-electron chi connectivity index (χ2n) is 15.8. The molecular weight excluding hydrogens is 731 g/mol. The van der Waals surface area contributed by atoms with Gasteiger partial charge >= 0.3 is 36.4 Å². The van der Waals surface area contributed by atoms with Crippen molar-refractivity contribution >= 4 is 17.9 Å². The highest BCUT2D eigenvalue weighted by atomic mass is 19.4. The Bertz CT molecular complexity index is 1430. The quantitative estimate of drug-likeness (QED) is 0.0840. The zero-order chi connectivity index (χ0) is 40.9. The van der Waals surface area contributed by atoms with Crippen molar-refractivity contribution in [3.8, 4) is 0 Å². The van der Waals surface area contributed by atoms with Gasteiger partial charge in [-0.2, -0.15) is 39.5 Å². The van der Waals surface area contributed by atoms with E-state index >= 15 is 0 Å². The number of rotatable bonds is 13. The van der Waals surface area contributed by atoms with Crippen LogP contribution in [0.25, 0.3) is 0 Å². The minimum Gasteiger partial charge on any atom is -0.458 e. The van der Waals surface area contributed by atoms with Crippen molar-refractivity contribution in [1.29, 1.82) is 0 Å². The van der Waals surface area contributed by atoms with Crippen LogP contribution in [0.15, 0.2) is 12.2 Å². The summed E-state index contributed by atoms with van der Waals surface area (Å²) in [7, 11) is 0. The lowest BCUT2D eigenvalue weighted by molar-refractivity contribution is -0.422. The van der Waals surface area contributed by atoms with Crippen LogP contribution in [0.2, 0.25) is 0 Å².